The predicted octanol–water partition coefficient (Wildman–Crippen LogP) is 1.73. The third-order valence-corrected chi connectivity index (χ3v) is 4.68. The molecular weight excluding hydrogens is 266 g/mol. The highest BCUT2D eigenvalue weighted by atomic mass is 32.2. The zero-order valence-corrected chi connectivity index (χ0v) is 12.0. The number of rotatable bonds is 7. The minimum Gasteiger partial charge on any atom is -0.481 e. The lowest BCUT2D eigenvalue weighted by molar-refractivity contribution is -0.136. The van der Waals surface area contributed by atoms with E-state index in [4.69, 9.17) is 5.11 Å². The van der Waals surface area contributed by atoms with E-state index in [1.165, 1.54) is 28.6 Å². The number of carboxylic acids is 1. The van der Waals surface area contributed by atoms with Crippen molar-refractivity contribution in [1.82, 2.24) is 4.31 Å². The number of benzene rings is 1. The first-order chi connectivity index (χ1) is 8.87. The largest absolute Gasteiger partial charge is 0.481 e. The molecule has 0 fully saturated rings. The quantitative estimate of drug-likeness (QED) is 0.828. The van der Waals surface area contributed by atoms with Crippen molar-refractivity contribution in [3.63, 3.8) is 0 Å². The molecule has 1 aromatic carbocycles. The van der Waals surface area contributed by atoms with Crippen LogP contribution in [0.15, 0.2) is 29.2 Å². The highest BCUT2D eigenvalue weighted by Crippen LogP contribution is 2.16. The molecule has 0 aromatic heterocycles. The van der Waals surface area contributed by atoms with Gasteiger partial charge in [0.05, 0.1) is 11.3 Å². The standard InChI is InChI=1S/C13H19NO4S/c1-3-4-9-14(2)19(17,18)12-7-5-11(6-8-12)10-13(15)16/h5-8H,3-4,9-10H2,1-2H3,(H,15,16). The van der Waals surface area contributed by atoms with Gasteiger partial charge in [-0.15, -0.1) is 0 Å². The van der Waals surface area contributed by atoms with Crippen LogP contribution < -0.4 is 0 Å². The zero-order chi connectivity index (χ0) is 14.5. The molecule has 5 nitrogen and oxygen atoms in total. The SMILES string of the molecule is CCCCN(C)S(=O)(=O)c1ccc(CC(=O)O)cc1. The number of hydrogen-bond acceptors (Lipinski definition) is 3. The van der Waals surface area contributed by atoms with Crippen LogP contribution in [0.4, 0.5) is 0 Å². The first-order valence-corrected chi connectivity index (χ1v) is 7.59. The Morgan fingerprint density at radius 2 is 1.84 bits per heavy atom. The lowest BCUT2D eigenvalue weighted by Gasteiger charge is -2.16. The van der Waals surface area contributed by atoms with E-state index in [0.717, 1.165) is 12.8 Å². The van der Waals surface area contributed by atoms with E-state index in [9.17, 15) is 13.2 Å². The summed E-state index contributed by atoms with van der Waals surface area (Å²) in [5.74, 6) is -0.935. The van der Waals surface area contributed by atoms with Gasteiger partial charge >= 0.3 is 5.97 Å². The third-order valence-electron chi connectivity index (χ3n) is 2.81. The Morgan fingerprint density at radius 1 is 1.26 bits per heavy atom. The van der Waals surface area contributed by atoms with Crippen LogP contribution in [0.25, 0.3) is 0 Å². The topological polar surface area (TPSA) is 74.7 Å². The molecule has 0 radical (unpaired) electrons. The molecule has 1 N–H and O–H groups in total. The molecule has 0 amide bonds. The second-order valence-corrected chi connectivity index (χ2v) is 6.44. The van der Waals surface area contributed by atoms with Crippen LogP contribution in [0.1, 0.15) is 25.3 Å². The number of unbranched alkanes of at least 4 members (excludes halogenated alkanes) is 1. The maximum atomic E-state index is 12.2. The maximum absolute atomic E-state index is 12.2. The maximum Gasteiger partial charge on any atom is 0.307 e. The van der Waals surface area contributed by atoms with Crippen LogP contribution in [-0.4, -0.2) is 37.4 Å². The Bertz CT molecular complexity index is 522. The fourth-order valence-electron chi connectivity index (χ4n) is 1.63. The molecule has 1 rings (SSSR count). The molecular formula is C13H19NO4S. The molecule has 106 valence electrons. The molecule has 0 bridgehead atoms. The third kappa shape index (κ3) is 4.33. The predicted molar refractivity (Wildman–Crippen MR) is 72.5 cm³/mol. The van der Waals surface area contributed by atoms with E-state index in [1.807, 2.05) is 6.92 Å². The molecule has 0 aliphatic carbocycles. The highest BCUT2D eigenvalue weighted by molar-refractivity contribution is 7.89. The van der Waals surface area contributed by atoms with E-state index in [1.54, 1.807) is 7.05 Å². The average molecular weight is 285 g/mol. The minimum atomic E-state index is -3.47. The van der Waals surface area contributed by atoms with Crippen molar-refractivity contribution >= 4 is 16.0 Å². The average Bonchev–Trinajstić information content (AvgIpc) is 2.35. The normalized spacial score (nSPS) is 11.7. The minimum absolute atomic E-state index is 0.105. The molecule has 19 heavy (non-hydrogen) atoms. The number of carboxylic acid groups (broad SMARTS) is 1. The van der Waals surface area contributed by atoms with Gasteiger partial charge in [0.2, 0.25) is 10.0 Å². The molecule has 0 heterocycles. The number of sulfonamides is 1. The van der Waals surface area contributed by atoms with Crippen LogP contribution in [0.2, 0.25) is 0 Å². The molecule has 0 spiro atoms. The van der Waals surface area contributed by atoms with Gasteiger partial charge in [-0.1, -0.05) is 25.5 Å². The van der Waals surface area contributed by atoms with E-state index in [0.29, 0.717) is 12.1 Å². The first-order valence-electron chi connectivity index (χ1n) is 6.15. The molecule has 0 aliphatic rings. The van der Waals surface area contributed by atoms with Crippen molar-refractivity contribution in [2.45, 2.75) is 31.1 Å². The zero-order valence-electron chi connectivity index (χ0n) is 11.2. The monoisotopic (exact) mass is 285 g/mol. The summed E-state index contributed by atoms with van der Waals surface area (Å²) >= 11 is 0. The van der Waals surface area contributed by atoms with Gasteiger partial charge < -0.3 is 5.11 Å². The van der Waals surface area contributed by atoms with Crippen molar-refractivity contribution in [3.8, 4) is 0 Å². The van der Waals surface area contributed by atoms with Gasteiger partial charge in [-0.05, 0) is 24.1 Å². The summed E-state index contributed by atoms with van der Waals surface area (Å²) < 4.78 is 25.7. The Hall–Kier alpha value is -1.40. The second-order valence-electron chi connectivity index (χ2n) is 4.39. The summed E-state index contributed by atoms with van der Waals surface area (Å²) in [5, 5.41) is 8.65. The van der Waals surface area contributed by atoms with Crippen LogP contribution in [-0.2, 0) is 21.2 Å². The van der Waals surface area contributed by atoms with Gasteiger partial charge in [-0.2, -0.15) is 0 Å². The number of hydrogen-bond donors (Lipinski definition) is 1. The van der Waals surface area contributed by atoms with Crippen LogP contribution in [0.3, 0.4) is 0 Å². The van der Waals surface area contributed by atoms with Gasteiger partial charge in [0.15, 0.2) is 0 Å². The number of nitrogens with zero attached hydrogens (tertiary/aromatic N) is 1. The number of aliphatic carboxylic acids is 1. The Balaban J connectivity index is 2.87. The molecule has 1 aromatic rings. The smallest absolute Gasteiger partial charge is 0.307 e. The van der Waals surface area contributed by atoms with Crippen LogP contribution >= 0.6 is 0 Å². The van der Waals surface area contributed by atoms with Gasteiger partial charge in [-0.3, -0.25) is 4.79 Å². The van der Waals surface area contributed by atoms with Gasteiger partial charge in [0.1, 0.15) is 0 Å². The van der Waals surface area contributed by atoms with Crippen LogP contribution in [0.5, 0.6) is 0 Å². The molecule has 0 atom stereocenters. The van der Waals surface area contributed by atoms with Crippen molar-refractivity contribution in [2.24, 2.45) is 0 Å². The first kappa shape index (κ1) is 15.7. The van der Waals surface area contributed by atoms with E-state index < -0.39 is 16.0 Å². The number of carbonyl (C=O) groups is 1. The summed E-state index contributed by atoms with van der Waals surface area (Å²) in [4.78, 5) is 10.7. The molecule has 0 unspecified atom stereocenters. The molecule has 0 aliphatic heterocycles. The molecule has 0 saturated carbocycles. The second kappa shape index (κ2) is 6.68. The lowest BCUT2D eigenvalue weighted by atomic mass is 10.2. The Kier molecular flexibility index (Phi) is 5.50. The van der Waals surface area contributed by atoms with Gasteiger partial charge in [-0.25, -0.2) is 12.7 Å². The van der Waals surface area contributed by atoms with Gasteiger partial charge in [0.25, 0.3) is 0 Å². The Labute approximate surface area is 113 Å². The summed E-state index contributed by atoms with van der Waals surface area (Å²) in [6, 6.07) is 5.98. The molecule has 6 heteroatoms. The summed E-state index contributed by atoms with van der Waals surface area (Å²) in [6.07, 6.45) is 1.64. The summed E-state index contributed by atoms with van der Waals surface area (Å²) in [6.45, 7) is 2.48. The fraction of sp³-hybridized carbons (Fsp3) is 0.462. The van der Waals surface area contributed by atoms with Gasteiger partial charge in [0, 0.05) is 13.6 Å². The van der Waals surface area contributed by atoms with Crippen LogP contribution in [0, 0.1) is 0 Å². The molecule has 0 saturated heterocycles. The Morgan fingerprint density at radius 3 is 2.32 bits per heavy atom. The van der Waals surface area contributed by atoms with E-state index in [2.05, 4.69) is 0 Å². The lowest BCUT2D eigenvalue weighted by Crippen LogP contribution is -2.27. The summed E-state index contributed by atoms with van der Waals surface area (Å²) in [5.41, 5.74) is 0.586. The van der Waals surface area contributed by atoms with E-state index in [-0.39, 0.29) is 11.3 Å². The van der Waals surface area contributed by atoms with Crippen molar-refractivity contribution < 1.29 is 18.3 Å². The highest BCUT2D eigenvalue weighted by Gasteiger charge is 2.19. The fourth-order valence-corrected chi connectivity index (χ4v) is 2.84. The van der Waals surface area contributed by atoms with E-state index >= 15 is 0 Å². The van der Waals surface area contributed by atoms with Crippen molar-refractivity contribution in [1.29, 1.82) is 0 Å². The van der Waals surface area contributed by atoms with Crippen molar-refractivity contribution in [2.75, 3.05) is 13.6 Å². The van der Waals surface area contributed by atoms with Crippen molar-refractivity contribution in [3.05, 3.63) is 29.8 Å². The summed E-state index contributed by atoms with van der Waals surface area (Å²) in [7, 11) is -1.92.